The van der Waals surface area contributed by atoms with Crippen LogP contribution < -0.4 is 0 Å². The molecule has 0 saturated carbocycles. The molecule has 7 nitrogen and oxygen atoms in total. The number of carboxylic acid groups (broad SMARTS) is 1. The number of carbonyl (C=O) groups is 1. The van der Waals surface area contributed by atoms with E-state index in [1.807, 2.05) is 6.92 Å². The molecular formula is C10H11ClN4O3. The number of nitrogens with zero attached hydrogens (tertiary/aromatic N) is 4. The first kappa shape index (κ1) is 12.6. The van der Waals surface area contributed by atoms with Crippen molar-refractivity contribution in [2.24, 2.45) is 0 Å². The number of hydrogen-bond acceptors (Lipinski definition) is 5. The van der Waals surface area contributed by atoms with E-state index in [4.69, 9.17) is 21.1 Å². The first-order chi connectivity index (χ1) is 8.61. The van der Waals surface area contributed by atoms with Crippen LogP contribution >= 0.6 is 11.6 Å². The van der Waals surface area contributed by atoms with Gasteiger partial charge in [0.2, 0.25) is 5.82 Å². The number of rotatable bonds is 5. The Labute approximate surface area is 107 Å². The van der Waals surface area contributed by atoms with Gasteiger partial charge in [-0.2, -0.15) is 0 Å². The van der Waals surface area contributed by atoms with Gasteiger partial charge in [-0.1, -0.05) is 6.92 Å². The maximum Gasteiger partial charge on any atom is 0.305 e. The summed E-state index contributed by atoms with van der Waals surface area (Å²) >= 11 is 5.69. The number of hydrogen-bond donors (Lipinski definition) is 1. The van der Waals surface area contributed by atoms with Crippen LogP contribution in [0.25, 0.3) is 11.6 Å². The topological polar surface area (TPSA) is 94.0 Å². The van der Waals surface area contributed by atoms with E-state index in [1.165, 1.54) is 4.68 Å². The van der Waals surface area contributed by atoms with Crippen LogP contribution in [-0.4, -0.2) is 31.3 Å². The predicted molar refractivity (Wildman–Crippen MR) is 62.1 cm³/mol. The summed E-state index contributed by atoms with van der Waals surface area (Å²) in [7, 11) is 0. The van der Waals surface area contributed by atoms with Crippen molar-refractivity contribution in [3.63, 3.8) is 0 Å². The predicted octanol–water partition coefficient (Wildman–Crippen LogP) is 2.01. The number of furan rings is 1. The summed E-state index contributed by atoms with van der Waals surface area (Å²) in [5.41, 5.74) is 0. The van der Waals surface area contributed by atoms with Crippen LogP contribution in [0.1, 0.15) is 25.8 Å². The zero-order chi connectivity index (χ0) is 13.1. The van der Waals surface area contributed by atoms with Gasteiger partial charge in [0.1, 0.15) is 0 Å². The highest BCUT2D eigenvalue weighted by Gasteiger charge is 2.21. The molecule has 0 fully saturated rings. The Bertz CT molecular complexity index is 551. The van der Waals surface area contributed by atoms with Gasteiger partial charge in [0, 0.05) is 0 Å². The molecule has 0 saturated heterocycles. The van der Waals surface area contributed by atoms with Gasteiger partial charge in [-0.05, 0) is 40.6 Å². The van der Waals surface area contributed by atoms with E-state index in [-0.39, 0.29) is 17.7 Å². The molecule has 2 aromatic rings. The standard InChI is InChI=1S/C10H11ClN4O3/c1-2-6(5-9(16)17)15-10(12-13-14-15)7-3-4-8(11)18-7/h3-4,6H,2,5H2,1H3,(H,16,17). The third kappa shape index (κ3) is 2.51. The second-order valence-electron chi connectivity index (χ2n) is 3.71. The Balaban J connectivity index is 2.34. The zero-order valence-electron chi connectivity index (χ0n) is 9.58. The van der Waals surface area contributed by atoms with Crippen molar-refractivity contribution in [1.82, 2.24) is 20.2 Å². The summed E-state index contributed by atoms with van der Waals surface area (Å²) in [6.45, 7) is 1.87. The Morgan fingerprint density at radius 2 is 2.39 bits per heavy atom. The highest BCUT2D eigenvalue weighted by atomic mass is 35.5. The molecule has 0 aromatic carbocycles. The number of halogens is 1. The smallest absolute Gasteiger partial charge is 0.305 e. The van der Waals surface area contributed by atoms with Gasteiger partial charge >= 0.3 is 5.97 Å². The number of carboxylic acids is 1. The van der Waals surface area contributed by atoms with Crippen molar-refractivity contribution in [3.8, 4) is 11.6 Å². The minimum Gasteiger partial charge on any atom is -0.481 e. The summed E-state index contributed by atoms with van der Waals surface area (Å²) in [5.74, 6) is -0.121. The molecule has 2 heterocycles. The van der Waals surface area contributed by atoms with E-state index in [2.05, 4.69) is 15.5 Å². The molecule has 1 unspecified atom stereocenters. The second kappa shape index (κ2) is 5.18. The van der Waals surface area contributed by atoms with E-state index in [1.54, 1.807) is 12.1 Å². The lowest BCUT2D eigenvalue weighted by molar-refractivity contribution is -0.138. The van der Waals surface area contributed by atoms with Crippen LogP contribution in [0.2, 0.25) is 5.22 Å². The van der Waals surface area contributed by atoms with Crippen LogP contribution in [0.3, 0.4) is 0 Å². The van der Waals surface area contributed by atoms with Gasteiger partial charge in [0.15, 0.2) is 11.0 Å². The molecule has 0 aliphatic carbocycles. The summed E-state index contributed by atoms with van der Waals surface area (Å²) < 4.78 is 6.67. The Hall–Kier alpha value is -1.89. The van der Waals surface area contributed by atoms with E-state index in [0.717, 1.165) is 0 Å². The van der Waals surface area contributed by atoms with Crippen molar-refractivity contribution in [2.45, 2.75) is 25.8 Å². The van der Waals surface area contributed by atoms with Gasteiger partial charge in [0.25, 0.3) is 0 Å². The highest BCUT2D eigenvalue weighted by molar-refractivity contribution is 6.28. The largest absolute Gasteiger partial charge is 0.481 e. The summed E-state index contributed by atoms with van der Waals surface area (Å²) in [6.07, 6.45) is 0.543. The van der Waals surface area contributed by atoms with Gasteiger partial charge in [-0.3, -0.25) is 4.79 Å². The third-order valence-corrected chi connectivity index (χ3v) is 2.72. The van der Waals surface area contributed by atoms with E-state index >= 15 is 0 Å². The minimum atomic E-state index is -0.902. The molecule has 1 N–H and O–H groups in total. The molecule has 0 aliphatic heterocycles. The molecule has 0 bridgehead atoms. The van der Waals surface area contributed by atoms with Crippen molar-refractivity contribution in [2.75, 3.05) is 0 Å². The number of tetrazole rings is 1. The molecule has 0 radical (unpaired) electrons. The Morgan fingerprint density at radius 1 is 1.61 bits per heavy atom. The SMILES string of the molecule is CCC(CC(=O)O)n1nnnc1-c1ccc(Cl)o1. The average molecular weight is 271 g/mol. The molecular weight excluding hydrogens is 260 g/mol. The first-order valence-electron chi connectivity index (χ1n) is 5.37. The van der Waals surface area contributed by atoms with Crippen LogP contribution in [0.4, 0.5) is 0 Å². The van der Waals surface area contributed by atoms with Crippen molar-refractivity contribution in [1.29, 1.82) is 0 Å². The average Bonchev–Trinajstić information content (AvgIpc) is 2.93. The molecule has 2 aromatic heterocycles. The zero-order valence-corrected chi connectivity index (χ0v) is 10.3. The first-order valence-corrected chi connectivity index (χ1v) is 5.75. The summed E-state index contributed by atoms with van der Waals surface area (Å²) in [4.78, 5) is 10.8. The molecule has 0 amide bonds. The number of aliphatic carboxylic acids is 1. The minimum absolute atomic E-state index is 0.0526. The van der Waals surface area contributed by atoms with Gasteiger partial charge < -0.3 is 9.52 Å². The van der Waals surface area contributed by atoms with Crippen molar-refractivity contribution in [3.05, 3.63) is 17.4 Å². The van der Waals surface area contributed by atoms with E-state index in [9.17, 15) is 4.79 Å². The van der Waals surface area contributed by atoms with Crippen LogP contribution in [0, 0.1) is 0 Å². The molecule has 1 atom stereocenters. The maximum absolute atomic E-state index is 10.8. The monoisotopic (exact) mass is 270 g/mol. The fraction of sp³-hybridized carbons (Fsp3) is 0.400. The van der Waals surface area contributed by atoms with Crippen LogP contribution in [0.5, 0.6) is 0 Å². The second-order valence-corrected chi connectivity index (χ2v) is 4.08. The van der Waals surface area contributed by atoms with Gasteiger partial charge in [-0.25, -0.2) is 4.68 Å². The van der Waals surface area contributed by atoms with Crippen molar-refractivity contribution < 1.29 is 14.3 Å². The quantitative estimate of drug-likeness (QED) is 0.893. The molecule has 18 heavy (non-hydrogen) atoms. The Morgan fingerprint density at radius 3 is 2.94 bits per heavy atom. The van der Waals surface area contributed by atoms with Crippen LogP contribution in [-0.2, 0) is 4.79 Å². The summed E-state index contributed by atoms with van der Waals surface area (Å²) in [5, 5.41) is 20.3. The molecule has 2 rings (SSSR count). The Kier molecular flexibility index (Phi) is 3.61. The lowest BCUT2D eigenvalue weighted by atomic mass is 10.1. The maximum atomic E-state index is 10.8. The fourth-order valence-electron chi connectivity index (χ4n) is 1.64. The number of aromatic nitrogens is 4. The van der Waals surface area contributed by atoms with Gasteiger partial charge in [-0.15, -0.1) is 5.10 Å². The third-order valence-electron chi connectivity index (χ3n) is 2.51. The van der Waals surface area contributed by atoms with Crippen LogP contribution in [0.15, 0.2) is 16.5 Å². The molecule has 0 aliphatic rings. The van der Waals surface area contributed by atoms with E-state index < -0.39 is 5.97 Å². The summed E-state index contributed by atoms with van der Waals surface area (Å²) in [6, 6.07) is 2.89. The molecule has 0 spiro atoms. The molecule has 8 heteroatoms. The van der Waals surface area contributed by atoms with Crippen molar-refractivity contribution >= 4 is 17.6 Å². The lowest BCUT2D eigenvalue weighted by Gasteiger charge is -2.13. The van der Waals surface area contributed by atoms with E-state index in [0.29, 0.717) is 18.0 Å². The van der Waals surface area contributed by atoms with Gasteiger partial charge in [0.05, 0.1) is 12.5 Å². The lowest BCUT2D eigenvalue weighted by Crippen LogP contribution is -2.15. The fourth-order valence-corrected chi connectivity index (χ4v) is 1.79. The normalized spacial score (nSPS) is 12.6. The highest BCUT2D eigenvalue weighted by Crippen LogP contribution is 2.26. The molecule has 96 valence electrons.